The zero-order valence-electron chi connectivity index (χ0n) is 12.5. The van der Waals surface area contributed by atoms with Crippen LogP contribution in [-0.2, 0) is 0 Å². The Morgan fingerprint density at radius 2 is 1.88 bits per heavy atom. The van der Waals surface area contributed by atoms with Crippen LogP contribution in [0.25, 0.3) is 11.3 Å². The van der Waals surface area contributed by atoms with Gasteiger partial charge in [-0.1, -0.05) is 12.1 Å². The summed E-state index contributed by atoms with van der Waals surface area (Å²) in [5.41, 5.74) is 1.24. The van der Waals surface area contributed by atoms with Crippen molar-refractivity contribution in [3.05, 3.63) is 65.6 Å². The molecule has 8 heteroatoms. The van der Waals surface area contributed by atoms with E-state index in [0.717, 1.165) is 23.7 Å². The molecule has 2 aromatic heterocycles. The van der Waals surface area contributed by atoms with E-state index < -0.39 is 17.8 Å². The van der Waals surface area contributed by atoms with Crippen LogP contribution in [-0.4, -0.2) is 25.7 Å². The Morgan fingerprint density at radius 1 is 1.17 bits per heavy atom. The van der Waals surface area contributed by atoms with Crippen LogP contribution in [0.2, 0.25) is 5.28 Å². The monoisotopic (exact) mass is 352 g/mol. The second-order valence-corrected chi connectivity index (χ2v) is 5.67. The fourth-order valence-electron chi connectivity index (χ4n) is 2.43. The summed E-state index contributed by atoms with van der Waals surface area (Å²) in [6, 6.07) is 5.15. The number of benzene rings is 1. The minimum absolute atomic E-state index is 0.0520. The van der Waals surface area contributed by atoms with Crippen molar-refractivity contribution in [2.75, 3.05) is 0 Å². The van der Waals surface area contributed by atoms with Crippen molar-refractivity contribution < 1.29 is 13.2 Å². The molecule has 0 radical (unpaired) electrons. The van der Waals surface area contributed by atoms with E-state index in [2.05, 4.69) is 15.1 Å². The van der Waals surface area contributed by atoms with Crippen LogP contribution in [0, 0.1) is 5.82 Å². The molecule has 0 fully saturated rings. The average molecular weight is 353 g/mol. The van der Waals surface area contributed by atoms with Crippen molar-refractivity contribution in [1.29, 1.82) is 0 Å². The van der Waals surface area contributed by atoms with E-state index in [1.54, 1.807) is 6.07 Å². The molecule has 124 valence electrons. The third kappa shape index (κ3) is 3.41. The maximum absolute atomic E-state index is 14.1. The number of alkyl halides is 2. The fraction of sp³-hybridized carbons (Fsp3) is 0.188. The molecule has 1 atom stereocenters. The highest BCUT2D eigenvalue weighted by atomic mass is 35.5. The van der Waals surface area contributed by atoms with E-state index in [1.165, 1.54) is 30.7 Å². The second kappa shape index (κ2) is 6.24. The maximum Gasteiger partial charge on any atom is 0.271 e. The van der Waals surface area contributed by atoms with Gasteiger partial charge in [0.15, 0.2) is 0 Å². The van der Waals surface area contributed by atoms with Gasteiger partial charge in [0.25, 0.3) is 5.92 Å². The highest BCUT2D eigenvalue weighted by Crippen LogP contribution is 2.35. The van der Waals surface area contributed by atoms with Gasteiger partial charge in [0, 0.05) is 24.9 Å². The van der Waals surface area contributed by atoms with Crippen molar-refractivity contribution in [3.8, 4) is 11.3 Å². The van der Waals surface area contributed by atoms with Gasteiger partial charge < -0.3 is 0 Å². The molecule has 0 amide bonds. The molecular formula is C16H12ClF3N4. The molecule has 1 aromatic carbocycles. The first-order chi connectivity index (χ1) is 11.3. The Morgan fingerprint density at radius 3 is 2.50 bits per heavy atom. The summed E-state index contributed by atoms with van der Waals surface area (Å²) in [4.78, 5) is 7.80. The van der Waals surface area contributed by atoms with Gasteiger partial charge in [0.1, 0.15) is 11.9 Å². The van der Waals surface area contributed by atoms with E-state index in [1.807, 2.05) is 0 Å². The Balaban J connectivity index is 2.02. The predicted molar refractivity (Wildman–Crippen MR) is 83.4 cm³/mol. The number of rotatable bonds is 4. The summed E-state index contributed by atoms with van der Waals surface area (Å²) in [5, 5.41) is 4.08. The zero-order valence-corrected chi connectivity index (χ0v) is 13.3. The third-order valence-electron chi connectivity index (χ3n) is 3.45. The van der Waals surface area contributed by atoms with Gasteiger partial charge in [-0.25, -0.2) is 23.1 Å². The van der Waals surface area contributed by atoms with Crippen molar-refractivity contribution >= 4 is 11.6 Å². The van der Waals surface area contributed by atoms with Crippen LogP contribution < -0.4 is 0 Å². The molecule has 0 spiro atoms. The molecule has 3 rings (SSSR count). The summed E-state index contributed by atoms with van der Waals surface area (Å²) >= 11 is 5.74. The van der Waals surface area contributed by atoms with E-state index >= 15 is 0 Å². The number of hydrogen-bond donors (Lipinski definition) is 0. The molecule has 0 saturated carbocycles. The minimum atomic E-state index is -3.11. The lowest BCUT2D eigenvalue weighted by Gasteiger charge is -2.24. The van der Waals surface area contributed by atoms with E-state index in [9.17, 15) is 13.2 Å². The molecule has 0 aliphatic heterocycles. The van der Waals surface area contributed by atoms with Crippen molar-refractivity contribution in [2.24, 2.45) is 0 Å². The lowest BCUT2D eigenvalue weighted by atomic mass is 10.0. The SMILES string of the molecule is CC(F)(F)[C@@H](c1ccc(F)cc1)n1cc(-c2ccnc(Cl)n2)cn1. The van der Waals surface area contributed by atoms with Gasteiger partial charge in [-0.15, -0.1) is 0 Å². The Kier molecular flexibility index (Phi) is 4.28. The van der Waals surface area contributed by atoms with Gasteiger partial charge in [0.05, 0.1) is 11.9 Å². The first-order valence-corrected chi connectivity index (χ1v) is 7.39. The quantitative estimate of drug-likeness (QED) is 0.655. The van der Waals surface area contributed by atoms with Crippen molar-refractivity contribution in [3.63, 3.8) is 0 Å². The van der Waals surface area contributed by atoms with Gasteiger partial charge in [-0.05, 0) is 35.4 Å². The van der Waals surface area contributed by atoms with E-state index in [0.29, 0.717) is 11.3 Å². The number of aromatic nitrogens is 4. The van der Waals surface area contributed by atoms with Gasteiger partial charge >= 0.3 is 0 Å². The molecule has 24 heavy (non-hydrogen) atoms. The van der Waals surface area contributed by atoms with Crippen LogP contribution in [0.15, 0.2) is 48.9 Å². The largest absolute Gasteiger partial charge is 0.271 e. The topological polar surface area (TPSA) is 43.6 Å². The summed E-state index contributed by atoms with van der Waals surface area (Å²) in [7, 11) is 0. The first kappa shape index (κ1) is 16.4. The van der Waals surface area contributed by atoms with E-state index in [-0.39, 0.29) is 10.8 Å². The average Bonchev–Trinajstić information content (AvgIpc) is 2.97. The smallest absolute Gasteiger partial charge is 0.258 e. The Bertz CT molecular complexity index is 843. The number of nitrogens with zero attached hydrogens (tertiary/aromatic N) is 4. The van der Waals surface area contributed by atoms with Crippen LogP contribution in [0.1, 0.15) is 18.5 Å². The number of halogens is 4. The Labute approximate surface area is 140 Å². The lowest BCUT2D eigenvalue weighted by Crippen LogP contribution is -2.29. The summed E-state index contributed by atoms with van der Waals surface area (Å²) in [6.07, 6.45) is 4.33. The highest BCUT2D eigenvalue weighted by molar-refractivity contribution is 6.28. The van der Waals surface area contributed by atoms with Crippen LogP contribution in [0.4, 0.5) is 13.2 Å². The molecule has 0 aliphatic carbocycles. The Hall–Kier alpha value is -2.41. The second-order valence-electron chi connectivity index (χ2n) is 5.33. The van der Waals surface area contributed by atoms with Crippen LogP contribution in [0.5, 0.6) is 0 Å². The molecule has 0 bridgehead atoms. The zero-order chi connectivity index (χ0) is 17.3. The molecule has 0 N–H and O–H groups in total. The molecule has 3 aromatic rings. The molecule has 0 saturated heterocycles. The van der Waals surface area contributed by atoms with E-state index in [4.69, 9.17) is 11.6 Å². The summed E-state index contributed by atoms with van der Waals surface area (Å²) in [5.74, 6) is -3.60. The van der Waals surface area contributed by atoms with Gasteiger partial charge in [-0.3, -0.25) is 4.68 Å². The summed E-state index contributed by atoms with van der Waals surface area (Å²) < 4.78 is 42.5. The van der Waals surface area contributed by atoms with Crippen LogP contribution >= 0.6 is 11.6 Å². The highest BCUT2D eigenvalue weighted by Gasteiger charge is 2.37. The molecule has 0 aliphatic rings. The summed E-state index contributed by atoms with van der Waals surface area (Å²) in [6.45, 7) is 0.796. The van der Waals surface area contributed by atoms with Crippen molar-refractivity contribution in [1.82, 2.24) is 19.7 Å². The molecular weight excluding hydrogens is 341 g/mol. The molecule has 4 nitrogen and oxygen atoms in total. The van der Waals surface area contributed by atoms with Gasteiger partial charge in [0.2, 0.25) is 5.28 Å². The maximum atomic E-state index is 14.1. The molecule has 0 unspecified atom stereocenters. The first-order valence-electron chi connectivity index (χ1n) is 7.01. The minimum Gasteiger partial charge on any atom is -0.258 e. The molecule has 2 heterocycles. The van der Waals surface area contributed by atoms with Gasteiger partial charge in [-0.2, -0.15) is 5.10 Å². The normalized spacial score (nSPS) is 13.0. The lowest BCUT2D eigenvalue weighted by molar-refractivity contribution is -0.0217. The van der Waals surface area contributed by atoms with Crippen molar-refractivity contribution in [2.45, 2.75) is 18.9 Å². The predicted octanol–water partition coefficient (Wildman–Crippen LogP) is 4.38. The van der Waals surface area contributed by atoms with Crippen LogP contribution in [0.3, 0.4) is 0 Å². The standard InChI is InChI=1S/C16H12ClF3N4/c1-16(19,20)14(10-2-4-12(18)5-3-10)24-9-11(8-22-24)13-6-7-21-15(17)23-13/h2-9,14H,1H3/t14-/m1/s1. The fourth-order valence-corrected chi connectivity index (χ4v) is 2.58. The third-order valence-corrected chi connectivity index (χ3v) is 3.64. The number of hydrogen-bond acceptors (Lipinski definition) is 3.